The maximum absolute atomic E-state index is 13.0. The fourth-order valence-corrected chi connectivity index (χ4v) is 2.56. The highest BCUT2D eigenvalue weighted by Crippen LogP contribution is 2.27. The van der Waals surface area contributed by atoms with E-state index >= 15 is 0 Å². The number of rotatable bonds is 4. The fourth-order valence-electron chi connectivity index (χ4n) is 2.56. The molecule has 0 bridgehead atoms. The molecule has 0 amide bonds. The number of benzene rings is 1. The highest BCUT2D eigenvalue weighted by molar-refractivity contribution is 5.59. The minimum absolute atomic E-state index is 0.0932. The molecule has 106 valence electrons. The lowest BCUT2D eigenvalue weighted by atomic mass is 10.0. The maximum Gasteiger partial charge on any atom is 0.141 e. The van der Waals surface area contributed by atoms with Crippen LogP contribution in [-0.4, -0.2) is 4.98 Å². The van der Waals surface area contributed by atoms with Gasteiger partial charge in [-0.05, 0) is 50.5 Å². The summed E-state index contributed by atoms with van der Waals surface area (Å²) in [6, 6.07) is 7.63. The van der Waals surface area contributed by atoms with Gasteiger partial charge in [-0.25, -0.2) is 4.39 Å². The molecule has 0 aliphatic heterocycles. The SMILES string of the molecule is CCC(Nc1c(C)cc(C)cc1C)c1ccc(F)cn1. The normalized spacial score (nSPS) is 12.2. The number of pyridine rings is 1. The van der Waals surface area contributed by atoms with Crippen molar-refractivity contribution >= 4 is 5.69 Å². The quantitative estimate of drug-likeness (QED) is 0.872. The van der Waals surface area contributed by atoms with Crippen LogP contribution in [0.2, 0.25) is 0 Å². The topological polar surface area (TPSA) is 24.9 Å². The van der Waals surface area contributed by atoms with Crippen LogP contribution in [-0.2, 0) is 0 Å². The fraction of sp³-hybridized carbons (Fsp3) is 0.353. The van der Waals surface area contributed by atoms with E-state index in [1.54, 1.807) is 6.07 Å². The molecule has 1 unspecified atom stereocenters. The number of nitrogens with zero attached hydrogens (tertiary/aromatic N) is 1. The number of aryl methyl sites for hydroxylation is 3. The lowest BCUT2D eigenvalue weighted by Crippen LogP contribution is -2.13. The Kier molecular flexibility index (Phi) is 4.38. The molecule has 2 nitrogen and oxygen atoms in total. The van der Waals surface area contributed by atoms with Gasteiger partial charge in [0, 0.05) is 5.69 Å². The Morgan fingerprint density at radius 2 is 1.80 bits per heavy atom. The van der Waals surface area contributed by atoms with Gasteiger partial charge in [-0.2, -0.15) is 0 Å². The van der Waals surface area contributed by atoms with Gasteiger partial charge in [-0.3, -0.25) is 4.98 Å². The molecular weight excluding hydrogens is 251 g/mol. The predicted molar refractivity (Wildman–Crippen MR) is 81.5 cm³/mol. The molecule has 0 saturated heterocycles. The van der Waals surface area contributed by atoms with Crippen LogP contribution in [0.5, 0.6) is 0 Å². The van der Waals surface area contributed by atoms with Crippen LogP contribution in [0.1, 0.15) is 41.8 Å². The van der Waals surface area contributed by atoms with Crippen molar-refractivity contribution in [2.45, 2.75) is 40.2 Å². The number of hydrogen-bond donors (Lipinski definition) is 1. The van der Waals surface area contributed by atoms with Gasteiger partial charge < -0.3 is 5.32 Å². The van der Waals surface area contributed by atoms with E-state index < -0.39 is 0 Å². The summed E-state index contributed by atoms with van der Waals surface area (Å²) >= 11 is 0. The minimum atomic E-state index is -0.300. The zero-order chi connectivity index (χ0) is 14.7. The molecule has 0 aliphatic carbocycles. The predicted octanol–water partition coefficient (Wildman–Crippen LogP) is 4.71. The third kappa shape index (κ3) is 3.16. The van der Waals surface area contributed by atoms with Crippen LogP contribution in [0.15, 0.2) is 30.5 Å². The van der Waals surface area contributed by atoms with E-state index in [0.29, 0.717) is 0 Å². The van der Waals surface area contributed by atoms with Crippen LogP contribution < -0.4 is 5.32 Å². The summed E-state index contributed by atoms with van der Waals surface area (Å²) in [7, 11) is 0. The summed E-state index contributed by atoms with van der Waals surface area (Å²) in [6.07, 6.45) is 2.17. The highest BCUT2D eigenvalue weighted by Gasteiger charge is 2.13. The second-order valence-electron chi connectivity index (χ2n) is 5.28. The van der Waals surface area contributed by atoms with Gasteiger partial charge in [0.2, 0.25) is 0 Å². The van der Waals surface area contributed by atoms with Gasteiger partial charge in [-0.15, -0.1) is 0 Å². The number of aromatic nitrogens is 1. The van der Waals surface area contributed by atoms with Crippen LogP contribution >= 0.6 is 0 Å². The second kappa shape index (κ2) is 6.04. The Bertz CT molecular complexity index is 567. The molecule has 0 saturated carbocycles. The van der Waals surface area contributed by atoms with Crippen LogP contribution in [0.3, 0.4) is 0 Å². The number of nitrogens with one attached hydrogen (secondary N) is 1. The largest absolute Gasteiger partial charge is 0.376 e. The van der Waals surface area contributed by atoms with E-state index in [1.807, 2.05) is 0 Å². The average molecular weight is 272 g/mol. The molecule has 0 fully saturated rings. The molecule has 0 aliphatic rings. The van der Waals surface area contributed by atoms with Crippen LogP contribution in [0.4, 0.5) is 10.1 Å². The zero-order valence-corrected chi connectivity index (χ0v) is 12.5. The number of hydrogen-bond acceptors (Lipinski definition) is 2. The summed E-state index contributed by atoms with van der Waals surface area (Å²) in [5, 5.41) is 3.54. The van der Waals surface area contributed by atoms with E-state index in [0.717, 1.165) is 17.8 Å². The molecule has 1 heterocycles. The molecule has 2 rings (SSSR count). The summed E-state index contributed by atoms with van der Waals surface area (Å²) in [6.45, 7) is 8.41. The van der Waals surface area contributed by atoms with Crippen molar-refractivity contribution < 1.29 is 4.39 Å². The van der Waals surface area contributed by atoms with Crippen molar-refractivity contribution in [3.05, 3.63) is 58.7 Å². The van der Waals surface area contributed by atoms with Gasteiger partial charge in [0.1, 0.15) is 5.82 Å². The Labute approximate surface area is 120 Å². The minimum Gasteiger partial charge on any atom is -0.376 e. The molecular formula is C17H21FN2. The summed E-state index contributed by atoms with van der Waals surface area (Å²) in [5.74, 6) is -0.300. The van der Waals surface area contributed by atoms with Crippen LogP contribution in [0.25, 0.3) is 0 Å². The molecule has 1 aromatic carbocycles. The van der Waals surface area contributed by atoms with Crippen molar-refractivity contribution in [2.24, 2.45) is 0 Å². The van der Waals surface area contributed by atoms with E-state index in [4.69, 9.17) is 0 Å². The van der Waals surface area contributed by atoms with Gasteiger partial charge >= 0.3 is 0 Å². The van der Waals surface area contributed by atoms with Gasteiger partial charge in [0.25, 0.3) is 0 Å². The standard InChI is InChI=1S/C17H21FN2/c1-5-15(16-7-6-14(18)10-19-16)20-17-12(3)8-11(2)9-13(17)4/h6-10,15,20H,5H2,1-4H3. The first kappa shape index (κ1) is 14.5. The third-order valence-corrected chi connectivity index (χ3v) is 3.51. The van der Waals surface area contributed by atoms with Crippen molar-refractivity contribution in [1.29, 1.82) is 0 Å². The van der Waals surface area contributed by atoms with E-state index in [1.165, 1.54) is 29.0 Å². The molecule has 1 aromatic heterocycles. The van der Waals surface area contributed by atoms with E-state index in [2.05, 4.69) is 50.1 Å². The summed E-state index contributed by atoms with van der Waals surface area (Å²) in [4.78, 5) is 4.18. The lowest BCUT2D eigenvalue weighted by Gasteiger charge is -2.21. The van der Waals surface area contributed by atoms with E-state index in [-0.39, 0.29) is 11.9 Å². The Morgan fingerprint density at radius 1 is 1.15 bits per heavy atom. The Hall–Kier alpha value is -1.90. The molecule has 20 heavy (non-hydrogen) atoms. The Morgan fingerprint density at radius 3 is 2.30 bits per heavy atom. The highest BCUT2D eigenvalue weighted by atomic mass is 19.1. The van der Waals surface area contributed by atoms with Gasteiger partial charge in [-0.1, -0.05) is 24.6 Å². The van der Waals surface area contributed by atoms with Gasteiger partial charge in [0.15, 0.2) is 0 Å². The third-order valence-electron chi connectivity index (χ3n) is 3.51. The van der Waals surface area contributed by atoms with Crippen molar-refractivity contribution in [2.75, 3.05) is 5.32 Å². The summed E-state index contributed by atoms with van der Waals surface area (Å²) < 4.78 is 13.0. The van der Waals surface area contributed by atoms with Crippen molar-refractivity contribution in [3.63, 3.8) is 0 Å². The van der Waals surface area contributed by atoms with E-state index in [9.17, 15) is 4.39 Å². The molecule has 1 atom stereocenters. The monoisotopic (exact) mass is 272 g/mol. The molecule has 2 aromatic rings. The second-order valence-corrected chi connectivity index (χ2v) is 5.28. The van der Waals surface area contributed by atoms with Crippen LogP contribution in [0, 0.1) is 26.6 Å². The number of halogens is 1. The summed E-state index contributed by atoms with van der Waals surface area (Å²) in [5.41, 5.74) is 5.73. The number of anilines is 1. The van der Waals surface area contributed by atoms with Crippen molar-refractivity contribution in [1.82, 2.24) is 4.98 Å². The molecule has 0 spiro atoms. The molecule has 3 heteroatoms. The average Bonchev–Trinajstić information content (AvgIpc) is 2.39. The zero-order valence-electron chi connectivity index (χ0n) is 12.5. The maximum atomic E-state index is 13.0. The lowest BCUT2D eigenvalue weighted by molar-refractivity contribution is 0.614. The first-order valence-electron chi connectivity index (χ1n) is 6.97. The molecule has 1 N–H and O–H groups in total. The molecule has 0 radical (unpaired) electrons. The first-order valence-corrected chi connectivity index (χ1v) is 6.97. The Balaban J connectivity index is 2.29. The smallest absolute Gasteiger partial charge is 0.141 e. The van der Waals surface area contributed by atoms with Crippen molar-refractivity contribution in [3.8, 4) is 0 Å². The van der Waals surface area contributed by atoms with Gasteiger partial charge in [0.05, 0.1) is 17.9 Å². The first-order chi connectivity index (χ1) is 9.51.